The third kappa shape index (κ3) is 1.14. The van der Waals surface area contributed by atoms with Crippen molar-refractivity contribution < 1.29 is 8.42 Å². The van der Waals surface area contributed by atoms with Crippen LogP contribution in [0.15, 0.2) is 46.2 Å². The molecule has 0 saturated carbocycles. The lowest BCUT2D eigenvalue weighted by atomic mass is 10.0. The van der Waals surface area contributed by atoms with Gasteiger partial charge in [-0.3, -0.25) is 0 Å². The van der Waals surface area contributed by atoms with Gasteiger partial charge in [0.1, 0.15) is 4.90 Å². The number of anilines is 2. The summed E-state index contributed by atoms with van der Waals surface area (Å²) in [6.07, 6.45) is 0. The molecule has 0 saturated heterocycles. The highest BCUT2D eigenvalue weighted by Crippen LogP contribution is 2.46. The van der Waals surface area contributed by atoms with Crippen LogP contribution in [0.25, 0.3) is 11.1 Å². The Morgan fingerprint density at radius 2 is 1.59 bits per heavy atom. The zero-order valence-electron chi connectivity index (χ0n) is 8.84. The van der Waals surface area contributed by atoms with Crippen LogP contribution >= 0.6 is 0 Å². The average molecular weight is 246 g/mol. The van der Waals surface area contributed by atoms with E-state index in [2.05, 4.69) is 0 Å². The zero-order chi connectivity index (χ0) is 12.2. The normalized spacial score (nSPS) is 15.3. The summed E-state index contributed by atoms with van der Waals surface area (Å²) in [5.74, 6) is 0. The molecule has 3 rings (SSSR count). The van der Waals surface area contributed by atoms with Gasteiger partial charge in [-0.2, -0.15) is 0 Å². The summed E-state index contributed by atoms with van der Waals surface area (Å²) in [6.45, 7) is 0. The van der Waals surface area contributed by atoms with Gasteiger partial charge in [-0.25, -0.2) is 8.42 Å². The lowest BCUT2D eigenvalue weighted by Crippen LogP contribution is -2.04. The maximum atomic E-state index is 12.3. The molecular formula is C12H10N2O2S. The fourth-order valence-corrected chi connectivity index (χ4v) is 3.97. The molecule has 2 aromatic carbocycles. The van der Waals surface area contributed by atoms with Crippen LogP contribution in [0.4, 0.5) is 11.4 Å². The topological polar surface area (TPSA) is 86.2 Å². The Morgan fingerprint density at radius 3 is 2.35 bits per heavy atom. The van der Waals surface area contributed by atoms with Gasteiger partial charge >= 0.3 is 0 Å². The summed E-state index contributed by atoms with van der Waals surface area (Å²) >= 11 is 0. The molecule has 1 aliphatic rings. The van der Waals surface area contributed by atoms with Crippen molar-refractivity contribution in [3.8, 4) is 11.1 Å². The molecule has 1 heterocycles. The number of sulfone groups is 1. The monoisotopic (exact) mass is 246 g/mol. The second-order valence-electron chi connectivity index (χ2n) is 3.94. The summed E-state index contributed by atoms with van der Waals surface area (Å²) in [5.41, 5.74) is 13.2. The first kappa shape index (κ1) is 10.2. The number of hydrogen-bond donors (Lipinski definition) is 2. The molecular weight excluding hydrogens is 236 g/mol. The minimum absolute atomic E-state index is 0.138. The van der Waals surface area contributed by atoms with Gasteiger partial charge < -0.3 is 11.5 Å². The molecule has 1 aliphatic heterocycles. The predicted octanol–water partition coefficient (Wildman–Crippen LogP) is 1.66. The SMILES string of the molecule is Nc1ccc2c(c1N)S(=O)(=O)c1ccccc1-2. The molecule has 0 aliphatic carbocycles. The smallest absolute Gasteiger partial charge is 0.209 e. The van der Waals surface area contributed by atoms with Gasteiger partial charge in [0.25, 0.3) is 0 Å². The Morgan fingerprint density at radius 1 is 0.882 bits per heavy atom. The summed E-state index contributed by atoms with van der Waals surface area (Å²) in [6, 6.07) is 10.2. The Labute approximate surface area is 98.8 Å². The van der Waals surface area contributed by atoms with Gasteiger partial charge in [0.15, 0.2) is 0 Å². The highest BCUT2D eigenvalue weighted by atomic mass is 32.2. The minimum Gasteiger partial charge on any atom is -0.397 e. The zero-order valence-corrected chi connectivity index (χ0v) is 9.66. The van der Waals surface area contributed by atoms with Crippen LogP contribution < -0.4 is 11.5 Å². The van der Waals surface area contributed by atoms with E-state index in [1.165, 1.54) is 0 Å². The first-order chi connectivity index (χ1) is 8.03. The molecule has 0 radical (unpaired) electrons. The van der Waals surface area contributed by atoms with Crippen molar-refractivity contribution in [2.75, 3.05) is 11.5 Å². The third-order valence-corrected chi connectivity index (χ3v) is 4.88. The average Bonchev–Trinajstić information content (AvgIpc) is 2.54. The number of rotatable bonds is 0. The van der Waals surface area contributed by atoms with E-state index >= 15 is 0 Å². The van der Waals surface area contributed by atoms with Crippen LogP contribution in [0.5, 0.6) is 0 Å². The quantitative estimate of drug-likeness (QED) is 0.591. The molecule has 0 spiro atoms. The molecule has 0 amide bonds. The second kappa shape index (κ2) is 3.01. The van der Waals surface area contributed by atoms with Crippen LogP contribution in [-0.4, -0.2) is 8.42 Å². The van der Waals surface area contributed by atoms with Crippen LogP contribution in [0.1, 0.15) is 0 Å². The van der Waals surface area contributed by atoms with E-state index in [1.54, 1.807) is 36.4 Å². The van der Waals surface area contributed by atoms with E-state index in [9.17, 15) is 8.42 Å². The maximum absolute atomic E-state index is 12.3. The number of fused-ring (bicyclic) bond motifs is 3. The summed E-state index contributed by atoms with van der Waals surface area (Å²) in [5, 5.41) is 0. The molecule has 0 aromatic heterocycles. The van der Waals surface area contributed by atoms with E-state index in [-0.39, 0.29) is 10.6 Å². The number of hydrogen-bond acceptors (Lipinski definition) is 4. The highest BCUT2D eigenvalue weighted by molar-refractivity contribution is 7.92. The van der Waals surface area contributed by atoms with Crippen LogP contribution in [0.3, 0.4) is 0 Å². The fraction of sp³-hybridized carbons (Fsp3) is 0. The maximum Gasteiger partial charge on any atom is 0.209 e. The molecule has 5 heteroatoms. The van der Waals surface area contributed by atoms with Crippen molar-refractivity contribution in [3.63, 3.8) is 0 Å². The van der Waals surface area contributed by atoms with Crippen LogP contribution in [0.2, 0.25) is 0 Å². The van der Waals surface area contributed by atoms with Crippen molar-refractivity contribution in [2.45, 2.75) is 9.79 Å². The summed E-state index contributed by atoms with van der Waals surface area (Å²) in [7, 11) is -3.52. The van der Waals surface area contributed by atoms with Gasteiger partial charge in [0.05, 0.1) is 16.3 Å². The summed E-state index contributed by atoms with van der Waals surface area (Å²) in [4.78, 5) is 0.436. The van der Waals surface area contributed by atoms with Crippen molar-refractivity contribution in [3.05, 3.63) is 36.4 Å². The van der Waals surface area contributed by atoms with Gasteiger partial charge in [-0.15, -0.1) is 0 Å². The Hall–Kier alpha value is -2.01. The third-order valence-electron chi connectivity index (χ3n) is 2.97. The Bertz CT molecular complexity index is 736. The standard InChI is InChI=1S/C12H10N2O2S/c13-9-6-5-8-7-3-1-2-4-10(7)17(15,16)12(8)11(9)14/h1-6H,13-14H2. The van der Waals surface area contributed by atoms with Crippen LogP contribution in [0, 0.1) is 0 Å². The molecule has 0 atom stereocenters. The lowest BCUT2D eigenvalue weighted by molar-refractivity contribution is 0.599. The summed E-state index contributed by atoms with van der Waals surface area (Å²) < 4.78 is 24.6. The minimum atomic E-state index is -3.52. The molecule has 4 N–H and O–H groups in total. The Balaban J connectivity index is 2.53. The van der Waals surface area contributed by atoms with Crippen molar-refractivity contribution >= 4 is 21.2 Å². The highest BCUT2D eigenvalue weighted by Gasteiger charge is 2.34. The second-order valence-corrected chi connectivity index (χ2v) is 5.80. The molecule has 0 fully saturated rings. The molecule has 2 aromatic rings. The van der Waals surface area contributed by atoms with E-state index in [4.69, 9.17) is 11.5 Å². The van der Waals surface area contributed by atoms with E-state index in [1.807, 2.05) is 0 Å². The number of nitrogens with two attached hydrogens (primary N) is 2. The van der Waals surface area contributed by atoms with E-state index in [0.29, 0.717) is 21.7 Å². The van der Waals surface area contributed by atoms with Gasteiger partial charge in [-0.1, -0.05) is 24.3 Å². The van der Waals surface area contributed by atoms with E-state index in [0.717, 1.165) is 0 Å². The molecule has 0 unspecified atom stereocenters. The van der Waals surface area contributed by atoms with Crippen molar-refractivity contribution in [1.29, 1.82) is 0 Å². The molecule has 4 nitrogen and oxygen atoms in total. The largest absolute Gasteiger partial charge is 0.397 e. The Kier molecular flexibility index (Phi) is 1.80. The predicted molar refractivity (Wildman–Crippen MR) is 66.2 cm³/mol. The van der Waals surface area contributed by atoms with Crippen LogP contribution in [-0.2, 0) is 9.84 Å². The number of nitrogen functional groups attached to an aromatic ring is 2. The molecule has 0 bridgehead atoms. The van der Waals surface area contributed by atoms with Gasteiger partial charge in [-0.05, 0) is 12.1 Å². The van der Waals surface area contributed by atoms with Gasteiger partial charge in [0, 0.05) is 11.1 Å². The van der Waals surface area contributed by atoms with Crippen molar-refractivity contribution in [1.82, 2.24) is 0 Å². The van der Waals surface area contributed by atoms with Gasteiger partial charge in [0.2, 0.25) is 9.84 Å². The van der Waals surface area contributed by atoms with Crippen molar-refractivity contribution in [2.24, 2.45) is 0 Å². The fourth-order valence-electron chi connectivity index (χ4n) is 2.15. The first-order valence-corrected chi connectivity index (χ1v) is 6.54. The number of benzene rings is 2. The molecule has 17 heavy (non-hydrogen) atoms. The first-order valence-electron chi connectivity index (χ1n) is 5.06. The lowest BCUT2D eigenvalue weighted by Gasteiger charge is -2.05. The molecule has 86 valence electrons. The van der Waals surface area contributed by atoms with E-state index < -0.39 is 9.84 Å².